The lowest BCUT2D eigenvalue weighted by Crippen LogP contribution is -2.62. The first-order valence-corrected chi connectivity index (χ1v) is 17.3. The zero-order chi connectivity index (χ0) is 31.1. The van der Waals surface area contributed by atoms with E-state index in [0.717, 1.165) is 51.4 Å². The van der Waals surface area contributed by atoms with Gasteiger partial charge in [-0.3, -0.25) is 9.44 Å². The fourth-order valence-electron chi connectivity index (χ4n) is 11.6. The van der Waals surface area contributed by atoms with Crippen LogP contribution in [-0.4, -0.2) is 63.4 Å². The predicted octanol–water partition coefficient (Wildman–Crippen LogP) is 5.56. The maximum absolute atomic E-state index is 14.8. The number of nitrogens with one attached hydrogen (secondary N) is 1. The molecule has 6 aliphatic rings. The minimum Gasteiger partial charge on any atom is -0.625 e. The summed E-state index contributed by atoms with van der Waals surface area (Å²) in [4.78, 5) is 26.2. The van der Waals surface area contributed by atoms with Gasteiger partial charge in [-0.25, -0.2) is 13.6 Å². The average molecular weight is 609 g/mol. The second-order valence-corrected chi connectivity index (χ2v) is 16.5. The normalized spacial score (nSPS) is 51.0. The molecule has 0 spiro atoms. The summed E-state index contributed by atoms with van der Waals surface area (Å²) in [5, 5.41) is 37.5. The summed E-state index contributed by atoms with van der Waals surface area (Å²) in [5.41, 5.74) is -0.573. The number of carbonyl (C=O) groups is 2. The van der Waals surface area contributed by atoms with E-state index in [1.807, 2.05) is 13.8 Å². The third kappa shape index (κ3) is 5.20. The minimum absolute atomic E-state index is 0.000137. The Morgan fingerprint density at radius 2 is 1.70 bits per heavy atom. The van der Waals surface area contributed by atoms with E-state index >= 15 is 0 Å². The van der Waals surface area contributed by atoms with Crippen LogP contribution in [-0.2, 0) is 9.59 Å². The molecule has 0 aromatic rings. The van der Waals surface area contributed by atoms with E-state index in [4.69, 9.17) is 0 Å². The van der Waals surface area contributed by atoms with Crippen molar-refractivity contribution in [3.05, 3.63) is 5.21 Å². The number of quaternary nitrogens is 1. The second kappa shape index (κ2) is 11.0. The van der Waals surface area contributed by atoms with Crippen molar-refractivity contribution < 1.29 is 33.2 Å². The van der Waals surface area contributed by atoms with Crippen molar-refractivity contribution in [3.63, 3.8) is 0 Å². The molecular formula is C34H54F2N2O5. The zero-order valence-corrected chi connectivity index (χ0v) is 26.6. The molecule has 9 heteroatoms. The van der Waals surface area contributed by atoms with Gasteiger partial charge in [0.25, 0.3) is 5.92 Å². The Hall–Kier alpha value is -1.16. The van der Waals surface area contributed by atoms with Gasteiger partial charge in [-0.15, -0.1) is 0 Å². The molecule has 7 nitrogen and oxygen atoms in total. The maximum atomic E-state index is 14.8. The van der Waals surface area contributed by atoms with E-state index in [2.05, 4.69) is 19.2 Å². The Kier molecular flexibility index (Phi) is 8.12. The monoisotopic (exact) mass is 608 g/mol. The lowest BCUT2D eigenvalue weighted by atomic mass is 9.43. The Morgan fingerprint density at radius 3 is 2.40 bits per heavy atom. The summed E-state index contributed by atoms with van der Waals surface area (Å²) in [6.45, 7) is 8.74. The van der Waals surface area contributed by atoms with Gasteiger partial charge in [-0.1, -0.05) is 33.6 Å². The summed E-state index contributed by atoms with van der Waals surface area (Å²) >= 11 is 0. The topological polar surface area (TPSA) is 110 Å². The van der Waals surface area contributed by atoms with E-state index in [0.29, 0.717) is 37.6 Å². The highest BCUT2D eigenvalue weighted by Crippen LogP contribution is 2.69. The van der Waals surface area contributed by atoms with E-state index in [9.17, 15) is 33.8 Å². The molecular weight excluding hydrogens is 554 g/mol. The quantitative estimate of drug-likeness (QED) is 0.208. The molecule has 0 radical (unpaired) electrons. The van der Waals surface area contributed by atoms with E-state index in [1.165, 1.54) is 0 Å². The predicted molar refractivity (Wildman–Crippen MR) is 158 cm³/mol. The summed E-state index contributed by atoms with van der Waals surface area (Å²) in [5.74, 6) is -2.84. The number of hydrogen-bond donors (Lipinski definition) is 3. The summed E-state index contributed by atoms with van der Waals surface area (Å²) in [6.07, 6.45) is 6.30. The van der Waals surface area contributed by atoms with Crippen LogP contribution in [0, 0.1) is 57.5 Å². The van der Waals surface area contributed by atoms with Crippen molar-refractivity contribution in [2.24, 2.45) is 52.3 Å². The zero-order valence-electron chi connectivity index (χ0n) is 26.6. The molecule has 1 heterocycles. The fourth-order valence-corrected chi connectivity index (χ4v) is 11.6. The second-order valence-electron chi connectivity index (χ2n) is 16.5. The van der Waals surface area contributed by atoms with Crippen LogP contribution in [0.15, 0.2) is 0 Å². The van der Waals surface area contributed by atoms with Gasteiger partial charge in [-0.05, 0) is 111 Å². The van der Waals surface area contributed by atoms with Crippen molar-refractivity contribution in [1.29, 1.82) is 0 Å². The van der Waals surface area contributed by atoms with Gasteiger partial charge >= 0.3 is 5.91 Å². The number of hydrogen-bond acceptors (Lipinski definition) is 5. The first-order chi connectivity index (χ1) is 20.1. The Labute approximate surface area is 255 Å². The van der Waals surface area contributed by atoms with E-state index < -0.39 is 34.1 Å². The summed E-state index contributed by atoms with van der Waals surface area (Å²) in [7, 11) is 0. The van der Waals surface area contributed by atoms with Crippen molar-refractivity contribution in [3.8, 4) is 0 Å². The number of nitrogens with zero attached hydrogens (tertiary/aromatic N) is 1. The van der Waals surface area contributed by atoms with Crippen molar-refractivity contribution in [2.75, 3.05) is 6.54 Å². The number of hydroxylamine groups is 3. The number of aliphatic hydroxyl groups excluding tert-OH is 2. The molecule has 0 bridgehead atoms. The molecule has 6 unspecified atom stereocenters. The highest BCUT2D eigenvalue weighted by atomic mass is 19.3. The third-order valence-electron chi connectivity index (χ3n) is 14.2. The van der Waals surface area contributed by atoms with Crippen LogP contribution in [0.4, 0.5) is 8.78 Å². The first-order valence-electron chi connectivity index (χ1n) is 17.3. The number of rotatable bonds is 6. The molecule has 43 heavy (non-hydrogen) atoms. The van der Waals surface area contributed by atoms with Crippen LogP contribution in [0.2, 0.25) is 0 Å². The van der Waals surface area contributed by atoms with Crippen LogP contribution < -0.4 is 5.32 Å². The molecule has 2 amide bonds. The minimum atomic E-state index is -3.08. The van der Waals surface area contributed by atoms with Gasteiger partial charge < -0.3 is 20.7 Å². The standard InChI is InChI=1S/C34H54F2N2O5/c1-19(9-12-29(41)37-26-8-6-5-7-22(26)31(42)38(43)17-20(38)2)23-10-11-24-30-25(13-14-32(23,24)3)33(4)18-34(35,36)28(40)16-21(33)15-27(30)39/h19-28,30,39-40H,5-18H2,1-4H3,(H,37,41)/t19-,20+,21-,22-,23-,24?,25?,26?,27?,28-,30?,32-,33+,38?/m1/s1. The molecule has 5 saturated carbocycles. The third-order valence-corrected chi connectivity index (χ3v) is 14.2. The first kappa shape index (κ1) is 31.8. The maximum Gasteiger partial charge on any atom is 0.319 e. The number of carbonyl (C=O) groups excluding carboxylic acids is 2. The highest BCUT2D eigenvalue weighted by molar-refractivity contribution is 5.79. The summed E-state index contributed by atoms with van der Waals surface area (Å²) in [6, 6.07) is -0.426. The van der Waals surface area contributed by atoms with Crippen molar-refractivity contribution in [1.82, 2.24) is 5.32 Å². The van der Waals surface area contributed by atoms with Crippen LogP contribution in [0.5, 0.6) is 0 Å². The number of fused-ring (bicyclic) bond motifs is 5. The Bertz CT molecular complexity index is 1110. The number of aliphatic hydroxyl groups is 2. The Morgan fingerprint density at radius 1 is 1.02 bits per heavy atom. The van der Waals surface area contributed by atoms with Gasteiger partial charge in [0.05, 0.1) is 12.0 Å². The van der Waals surface area contributed by atoms with Crippen LogP contribution in [0.1, 0.15) is 111 Å². The van der Waals surface area contributed by atoms with E-state index in [1.54, 1.807) is 0 Å². The molecule has 6 rings (SSSR count). The lowest BCUT2D eigenvalue weighted by Gasteiger charge is -2.63. The average Bonchev–Trinajstić information content (AvgIpc) is 3.40. The molecule has 3 N–H and O–H groups in total. The van der Waals surface area contributed by atoms with Crippen molar-refractivity contribution >= 4 is 11.8 Å². The largest absolute Gasteiger partial charge is 0.625 e. The lowest BCUT2D eigenvalue weighted by molar-refractivity contribution is -0.678. The number of amides is 2. The molecule has 0 aromatic carbocycles. The molecule has 5 aliphatic carbocycles. The summed E-state index contributed by atoms with van der Waals surface area (Å²) < 4.78 is 28.9. The smallest absolute Gasteiger partial charge is 0.319 e. The van der Waals surface area contributed by atoms with Crippen LogP contribution in [0.25, 0.3) is 0 Å². The van der Waals surface area contributed by atoms with E-state index in [-0.39, 0.29) is 65.8 Å². The van der Waals surface area contributed by atoms with Gasteiger partial charge in [0.2, 0.25) is 5.91 Å². The molecule has 1 saturated heterocycles. The molecule has 1 aliphatic heterocycles. The molecule has 14 atom stereocenters. The number of halogens is 2. The van der Waals surface area contributed by atoms with Gasteiger partial charge in [0.15, 0.2) is 0 Å². The Balaban J connectivity index is 1.08. The number of alkyl halides is 2. The van der Waals surface area contributed by atoms with Crippen molar-refractivity contribution in [2.45, 2.75) is 141 Å². The molecule has 0 aromatic heterocycles. The fraction of sp³-hybridized carbons (Fsp3) is 0.941. The molecule has 6 fully saturated rings. The van der Waals surface area contributed by atoms with Gasteiger partial charge in [0, 0.05) is 18.9 Å². The van der Waals surface area contributed by atoms with Gasteiger partial charge in [-0.2, -0.15) is 0 Å². The molecule has 244 valence electrons. The van der Waals surface area contributed by atoms with Crippen LogP contribution >= 0.6 is 0 Å². The SMILES string of the molecule is C[C@H](CCC(=O)NC1CCCC[C@H]1C(=O)[N+]1([O-])C[C@@H]1C)[C@H]1CCC2C3C(O)C[C@@H]4C[C@@H](O)C(F)(F)C[C@]4(C)C3CC[C@@]21C. The van der Waals surface area contributed by atoms with Crippen LogP contribution in [0.3, 0.4) is 0 Å². The highest BCUT2D eigenvalue weighted by Gasteiger charge is 2.66. The van der Waals surface area contributed by atoms with Gasteiger partial charge in [0.1, 0.15) is 18.7 Å².